The average molecular weight is 373 g/mol. The number of fused-ring (bicyclic) bond motifs is 1. The molecule has 0 bridgehead atoms. The topological polar surface area (TPSA) is 77.8 Å². The van der Waals surface area contributed by atoms with Crippen LogP contribution in [0, 0.1) is 0 Å². The van der Waals surface area contributed by atoms with Gasteiger partial charge >= 0.3 is 0 Å². The van der Waals surface area contributed by atoms with Gasteiger partial charge in [-0.3, -0.25) is 4.79 Å². The van der Waals surface area contributed by atoms with E-state index in [-0.39, 0.29) is 11.1 Å². The van der Waals surface area contributed by atoms with E-state index >= 15 is 0 Å². The van der Waals surface area contributed by atoms with Gasteiger partial charge in [0, 0.05) is 9.86 Å². The number of ether oxygens (including phenoxy) is 1. The van der Waals surface area contributed by atoms with Crippen LogP contribution >= 0.6 is 15.9 Å². The predicted molar refractivity (Wildman–Crippen MR) is 90.6 cm³/mol. The van der Waals surface area contributed by atoms with Crippen molar-refractivity contribution in [3.63, 3.8) is 0 Å². The summed E-state index contributed by atoms with van der Waals surface area (Å²) in [6, 6.07) is 14.3. The van der Waals surface area contributed by atoms with Gasteiger partial charge in [0.25, 0.3) is 5.91 Å². The molecule has 1 heterocycles. The first kappa shape index (κ1) is 15.3. The molecule has 0 aliphatic heterocycles. The SMILES string of the molecule is COc1ccc2oc(=Nc3ccc(Br)cc3)c(C(N)=O)cc2c1. The molecule has 0 aliphatic carbocycles. The number of rotatable bonds is 3. The summed E-state index contributed by atoms with van der Waals surface area (Å²) in [5, 5.41) is 0.716. The molecular weight excluding hydrogens is 360 g/mol. The molecule has 1 aromatic heterocycles. The standard InChI is InChI=1S/C17H13BrN2O3/c1-22-13-6-7-15-10(8-13)9-14(16(19)21)17(23-15)20-12-4-2-11(18)3-5-12/h2-9H,1H3,(H2,19,21). The van der Waals surface area contributed by atoms with E-state index in [9.17, 15) is 4.79 Å². The third-order valence-corrected chi connectivity index (χ3v) is 3.81. The van der Waals surface area contributed by atoms with Crippen LogP contribution in [0.3, 0.4) is 0 Å². The number of nitrogens with zero attached hydrogens (tertiary/aromatic N) is 1. The second-order valence-electron chi connectivity index (χ2n) is 4.82. The van der Waals surface area contributed by atoms with E-state index in [2.05, 4.69) is 20.9 Å². The Kier molecular flexibility index (Phi) is 4.16. The molecular formula is C17H13BrN2O3. The van der Waals surface area contributed by atoms with E-state index in [1.165, 1.54) is 0 Å². The van der Waals surface area contributed by atoms with Gasteiger partial charge in [-0.05, 0) is 48.5 Å². The lowest BCUT2D eigenvalue weighted by Gasteiger charge is -2.04. The minimum absolute atomic E-state index is 0.178. The smallest absolute Gasteiger partial charge is 0.254 e. The Morgan fingerprint density at radius 1 is 1.17 bits per heavy atom. The molecule has 2 aromatic carbocycles. The lowest BCUT2D eigenvalue weighted by atomic mass is 10.1. The number of carbonyl (C=O) groups is 1. The second kappa shape index (κ2) is 6.26. The van der Waals surface area contributed by atoms with Crippen LogP contribution in [0.15, 0.2) is 62.4 Å². The number of hydrogen-bond donors (Lipinski definition) is 1. The van der Waals surface area contributed by atoms with Gasteiger partial charge in [0.2, 0.25) is 5.55 Å². The lowest BCUT2D eigenvalue weighted by molar-refractivity contribution is 0.0996. The van der Waals surface area contributed by atoms with Crippen molar-refractivity contribution in [1.82, 2.24) is 0 Å². The van der Waals surface area contributed by atoms with Gasteiger partial charge in [0.05, 0.1) is 12.8 Å². The fraction of sp³-hybridized carbons (Fsp3) is 0.0588. The summed E-state index contributed by atoms with van der Waals surface area (Å²) in [4.78, 5) is 16.1. The van der Waals surface area contributed by atoms with Crippen LogP contribution in [0.2, 0.25) is 0 Å². The van der Waals surface area contributed by atoms with Crippen LogP contribution in [0.5, 0.6) is 5.75 Å². The Morgan fingerprint density at radius 3 is 2.57 bits per heavy atom. The largest absolute Gasteiger partial charge is 0.497 e. The summed E-state index contributed by atoms with van der Waals surface area (Å²) in [7, 11) is 1.57. The number of benzene rings is 2. The Morgan fingerprint density at radius 2 is 1.91 bits per heavy atom. The third-order valence-electron chi connectivity index (χ3n) is 3.28. The maximum Gasteiger partial charge on any atom is 0.254 e. The van der Waals surface area contributed by atoms with Gasteiger partial charge in [-0.1, -0.05) is 15.9 Å². The highest BCUT2D eigenvalue weighted by molar-refractivity contribution is 9.10. The Balaban J connectivity index is 2.24. The predicted octanol–water partition coefficient (Wildman–Crippen LogP) is 3.54. The molecule has 3 aromatic rings. The third kappa shape index (κ3) is 3.27. The number of nitrogens with two attached hydrogens (primary N) is 1. The zero-order valence-corrected chi connectivity index (χ0v) is 13.8. The molecule has 116 valence electrons. The molecule has 0 spiro atoms. The summed E-state index contributed by atoms with van der Waals surface area (Å²) >= 11 is 3.36. The molecule has 0 saturated carbocycles. The van der Waals surface area contributed by atoms with Crippen LogP contribution in [-0.2, 0) is 0 Å². The summed E-state index contributed by atoms with van der Waals surface area (Å²) in [6.45, 7) is 0. The highest BCUT2D eigenvalue weighted by Gasteiger charge is 2.10. The Hall–Kier alpha value is -2.60. The van der Waals surface area contributed by atoms with Crippen LogP contribution in [0.25, 0.3) is 11.0 Å². The molecule has 0 unspecified atom stereocenters. The molecule has 5 nitrogen and oxygen atoms in total. The zero-order valence-electron chi connectivity index (χ0n) is 12.2. The van der Waals surface area contributed by atoms with E-state index in [1.807, 2.05) is 24.3 Å². The number of halogens is 1. The summed E-state index contributed by atoms with van der Waals surface area (Å²) < 4.78 is 11.9. The van der Waals surface area contributed by atoms with Crippen LogP contribution in [0.1, 0.15) is 10.4 Å². The van der Waals surface area contributed by atoms with E-state index < -0.39 is 5.91 Å². The van der Waals surface area contributed by atoms with Crippen molar-refractivity contribution in [3.05, 3.63) is 64.1 Å². The minimum atomic E-state index is -0.602. The summed E-state index contributed by atoms with van der Waals surface area (Å²) in [5.74, 6) is 0.0649. The van der Waals surface area contributed by atoms with Crippen molar-refractivity contribution >= 4 is 38.5 Å². The number of primary amides is 1. The molecule has 23 heavy (non-hydrogen) atoms. The van der Waals surface area contributed by atoms with Gasteiger partial charge < -0.3 is 14.9 Å². The minimum Gasteiger partial charge on any atom is -0.497 e. The van der Waals surface area contributed by atoms with Gasteiger partial charge in [0.15, 0.2) is 0 Å². The van der Waals surface area contributed by atoms with Crippen molar-refractivity contribution in [3.8, 4) is 5.75 Å². The summed E-state index contributed by atoms with van der Waals surface area (Å²) in [6.07, 6.45) is 0. The zero-order chi connectivity index (χ0) is 16.4. The fourth-order valence-electron chi connectivity index (χ4n) is 2.13. The average Bonchev–Trinajstić information content (AvgIpc) is 2.55. The number of carbonyl (C=O) groups excluding carboxylic acids is 1. The highest BCUT2D eigenvalue weighted by Crippen LogP contribution is 2.21. The van der Waals surface area contributed by atoms with Gasteiger partial charge in [-0.15, -0.1) is 0 Å². The Labute approximate surface area is 140 Å². The molecule has 0 saturated heterocycles. The maximum atomic E-state index is 11.7. The van der Waals surface area contributed by atoms with Crippen molar-refractivity contribution in [2.45, 2.75) is 0 Å². The van der Waals surface area contributed by atoms with E-state index in [4.69, 9.17) is 14.9 Å². The lowest BCUT2D eigenvalue weighted by Crippen LogP contribution is -2.21. The van der Waals surface area contributed by atoms with Gasteiger partial charge in [-0.2, -0.15) is 0 Å². The molecule has 1 amide bonds. The first-order valence-electron chi connectivity index (χ1n) is 6.79. The van der Waals surface area contributed by atoms with Gasteiger partial charge in [0.1, 0.15) is 16.9 Å². The van der Waals surface area contributed by atoms with Crippen molar-refractivity contribution in [2.75, 3.05) is 7.11 Å². The monoisotopic (exact) mass is 372 g/mol. The van der Waals surface area contributed by atoms with E-state index in [0.29, 0.717) is 22.4 Å². The summed E-state index contributed by atoms with van der Waals surface area (Å²) in [5.41, 5.74) is 7.10. The highest BCUT2D eigenvalue weighted by atomic mass is 79.9. The first-order chi connectivity index (χ1) is 11.1. The first-order valence-corrected chi connectivity index (χ1v) is 7.58. The van der Waals surface area contributed by atoms with Crippen molar-refractivity contribution < 1.29 is 13.9 Å². The molecule has 0 atom stereocenters. The molecule has 0 aliphatic rings. The van der Waals surface area contributed by atoms with Crippen LogP contribution < -0.4 is 16.0 Å². The fourth-order valence-corrected chi connectivity index (χ4v) is 2.39. The van der Waals surface area contributed by atoms with E-state index in [1.54, 1.807) is 31.4 Å². The quantitative estimate of drug-likeness (QED) is 0.763. The number of amides is 1. The van der Waals surface area contributed by atoms with Crippen molar-refractivity contribution in [1.29, 1.82) is 0 Å². The molecule has 3 rings (SSSR count). The number of methoxy groups -OCH3 is 1. The normalized spacial score (nSPS) is 11.7. The Bertz CT molecular complexity index is 946. The van der Waals surface area contributed by atoms with Crippen LogP contribution in [-0.4, -0.2) is 13.0 Å². The van der Waals surface area contributed by atoms with Gasteiger partial charge in [-0.25, -0.2) is 4.99 Å². The second-order valence-corrected chi connectivity index (χ2v) is 5.74. The number of hydrogen-bond acceptors (Lipinski definition) is 4. The maximum absolute atomic E-state index is 11.7. The van der Waals surface area contributed by atoms with E-state index in [0.717, 1.165) is 4.47 Å². The molecule has 2 N–H and O–H groups in total. The molecule has 0 radical (unpaired) electrons. The molecule has 6 heteroatoms. The van der Waals surface area contributed by atoms with Crippen LogP contribution in [0.4, 0.5) is 5.69 Å². The van der Waals surface area contributed by atoms with Crippen molar-refractivity contribution in [2.24, 2.45) is 10.7 Å². The molecule has 0 fully saturated rings.